The molecule has 18 heavy (non-hydrogen) atoms. The molecule has 0 saturated carbocycles. The van der Waals surface area contributed by atoms with Crippen LogP contribution in [0.2, 0.25) is 0 Å². The fourth-order valence-corrected chi connectivity index (χ4v) is 1.89. The van der Waals surface area contributed by atoms with Crippen molar-refractivity contribution in [2.75, 3.05) is 12.3 Å². The number of aliphatic hydroxyl groups excluding tert-OH is 2. The molecule has 1 unspecified atom stereocenters. The molecule has 0 aliphatic carbocycles. The summed E-state index contributed by atoms with van der Waals surface area (Å²) in [5.74, 6) is -0.896. The van der Waals surface area contributed by atoms with Crippen molar-refractivity contribution in [1.29, 1.82) is 5.26 Å². The van der Waals surface area contributed by atoms with E-state index in [2.05, 4.69) is 4.98 Å². The molecule has 0 bridgehead atoms. The van der Waals surface area contributed by atoms with Crippen molar-refractivity contribution in [3.8, 4) is 6.07 Å². The maximum Gasteiger partial charge on any atom is 0.351 e. The van der Waals surface area contributed by atoms with Crippen molar-refractivity contribution in [2.24, 2.45) is 5.92 Å². The highest BCUT2D eigenvalue weighted by Crippen LogP contribution is 2.33. The van der Waals surface area contributed by atoms with E-state index in [9.17, 15) is 9.90 Å². The molecular formula is C10H12N4O4. The van der Waals surface area contributed by atoms with Gasteiger partial charge in [0.05, 0.1) is 12.7 Å². The number of rotatable bonds is 2. The largest absolute Gasteiger partial charge is 0.394 e. The monoisotopic (exact) mass is 252 g/mol. The van der Waals surface area contributed by atoms with Crippen LogP contribution in [0.4, 0.5) is 5.82 Å². The van der Waals surface area contributed by atoms with Crippen molar-refractivity contribution >= 4 is 5.82 Å². The number of ether oxygens (including phenoxy) is 1. The molecule has 2 heterocycles. The van der Waals surface area contributed by atoms with Gasteiger partial charge in [0.25, 0.3) is 0 Å². The molecule has 1 fully saturated rings. The molecule has 0 spiro atoms. The fourth-order valence-electron chi connectivity index (χ4n) is 1.89. The molecule has 8 nitrogen and oxygen atoms in total. The molecule has 2 rings (SSSR count). The van der Waals surface area contributed by atoms with Crippen LogP contribution in [0.15, 0.2) is 17.1 Å². The molecule has 96 valence electrons. The Bertz CT molecular complexity index is 537. The van der Waals surface area contributed by atoms with Crippen LogP contribution < -0.4 is 11.4 Å². The summed E-state index contributed by atoms with van der Waals surface area (Å²) in [4.78, 5) is 15.1. The second-order valence-electron chi connectivity index (χ2n) is 3.94. The minimum absolute atomic E-state index is 0.0574. The van der Waals surface area contributed by atoms with Gasteiger partial charge in [0.1, 0.15) is 23.9 Å². The molecule has 4 N–H and O–H groups in total. The average molecular weight is 252 g/mol. The molecule has 8 heteroatoms. The zero-order valence-electron chi connectivity index (χ0n) is 9.30. The Labute approximate surface area is 102 Å². The number of aromatic nitrogens is 2. The predicted molar refractivity (Wildman–Crippen MR) is 59.0 cm³/mol. The highest BCUT2D eigenvalue weighted by atomic mass is 16.5. The van der Waals surface area contributed by atoms with Gasteiger partial charge in [-0.25, -0.2) is 4.79 Å². The highest BCUT2D eigenvalue weighted by Gasteiger charge is 2.45. The van der Waals surface area contributed by atoms with Crippen LogP contribution in [0, 0.1) is 17.2 Å². The Morgan fingerprint density at radius 2 is 2.39 bits per heavy atom. The Balaban J connectivity index is 2.39. The zero-order chi connectivity index (χ0) is 13.3. The zero-order valence-corrected chi connectivity index (χ0v) is 9.30. The van der Waals surface area contributed by atoms with Gasteiger partial charge in [-0.05, 0) is 6.07 Å². The third-order valence-corrected chi connectivity index (χ3v) is 2.82. The highest BCUT2D eigenvalue weighted by molar-refractivity contribution is 5.23. The lowest BCUT2D eigenvalue weighted by Crippen LogP contribution is -2.31. The molecule has 0 radical (unpaired) electrons. The number of aliphatic hydroxyl groups is 2. The number of nitrogens with zero attached hydrogens (tertiary/aromatic N) is 3. The van der Waals surface area contributed by atoms with Gasteiger partial charge in [0, 0.05) is 6.20 Å². The van der Waals surface area contributed by atoms with E-state index in [0.717, 1.165) is 4.57 Å². The molecule has 1 aliphatic heterocycles. The summed E-state index contributed by atoms with van der Waals surface area (Å²) >= 11 is 0. The summed E-state index contributed by atoms with van der Waals surface area (Å²) in [5, 5.41) is 27.8. The summed E-state index contributed by atoms with van der Waals surface area (Å²) in [7, 11) is 0. The minimum Gasteiger partial charge on any atom is -0.394 e. The number of hydrogen-bond donors (Lipinski definition) is 3. The van der Waals surface area contributed by atoms with E-state index in [4.69, 9.17) is 20.8 Å². The standard InChI is InChI=1S/C10H12N4O4/c11-3-5-8(16)6(4-15)18-9(5)14-2-1-7(12)13-10(14)17/h1-2,5-6,8-9,15-16H,4H2,(H2,12,13,17)/t5-,6+,8-,9?/m0/s1. The lowest BCUT2D eigenvalue weighted by Gasteiger charge is -2.16. The van der Waals surface area contributed by atoms with Gasteiger partial charge < -0.3 is 20.7 Å². The van der Waals surface area contributed by atoms with Gasteiger partial charge in [-0.1, -0.05) is 0 Å². The van der Waals surface area contributed by atoms with E-state index in [-0.39, 0.29) is 5.82 Å². The maximum atomic E-state index is 11.6. The van der Waals surface area contributed by atoms with Gasteiger partial charge >= 0.3 is 5.69 Å². The molecule has 1 aromatic rings. The van der Waals surface area contributed by atoms with Crippen molar-refractivity contribution < 1.29 is 14.9 Å². The topological polar surface area (TPSA) is 134 Å². The van der Waals surface area contributed by atoms with Crippen LogP contribution in [0.5, 0.6) is 0 Å². The molecule has 0 aromatic carbocycles. The van der Waals surface area contributed by atoms with Crippen molar-refractivity contribution in [1.82, 2.24) is 9.55 Å². The van der Waals surface area contributed by atoms with Crippen LogP contribution in [0.25, 0.3) is 0 Å². The SMILES string of the molecule is N#C[C@@H]1C(n2ccc(N)nc2=O)O[C@H](CO)[C@H]1O. The molecule has 4 atom stereocenters. The maximum absolute atomic E-state index is 11.6. The van der Waals surface area contributed by atoms with Crippen molar-refractivity contribution in [3.63, 3.8) is 0 Å². The van der Waals surface area contributed by atoms with E-state index in [1.165, 1.54) is 12.3 Å². The van der Waals surface area contributed by atoms with Crippen molar-refractivity contribution in [3.05, 3.63) is 22.7 Å². The summed E-state index contributed by atoms with van der Waals surface area (Å²) in [6.45, 7) is -0.438. The van der Waals surface area contributed by atoms with E-state index in [1.807, 2.05) is 6.07 Å². The Hall–Kier alpha value is -1.95. The van der Waals surface area contributed by atoms with E-state index >= 15 is 0 Å². The van der Waals surface area contributed by atoms with Gasteiger partial charge in [-0.3, -0.25) is 4.57 Å². The molecule has 1 saturated heterocycles. The first-order valence-corrected chi connectivity index (χ1v) is 5.27. The number of hydrogen-bond acceptors (Lipinski definition) is 7. The second-order valence-corrected chi connectivity index (χ2v) is 3.94. The van der Waals surface area contributed by atoms with Crippen LogP contribution in [-0.4, -0.2) is 38.6 Å². The lowest BCUT2D eigenvalue weighted by atomic mass is 10.0. The Morgan fingerprint density at radius 1 is 1.67 bits per heavy atom. The Kier molecular flexibility index (Phi) is 3.29. The summed E-state index contributed by atoms with van der Waals surface area (Å²) in [6.07, 6.45) is -1.70. The van der Waals surface area contributed by atoms with Crippen molar-refractivity contribution in [2.45, 2.75) is 18.4 Å². The summed E-state index contributed by atoms with van der Waals surface area (Å²) in [5.41, 5.74) is 4.68. The number of nitrogen functional groups attached to an aromatic ring is 1. The van der Waals surface area contributed by atoms with Crippen LogP contribution in [0.3, 0.4) is 0 Å². The molecule has 0 amide bonds. The first-order chi connectivity index (χ1) is 8.58. The Morgan fingerprint density at radius 3 is 2.94 bits per heavy atom. The normalized spacial score (nSPS) is 31.2. The van der Waals surface area contributed by atoms with Gasteiger partial charge in [0.2, 0.25) is 0 Å². The third-order valence-electron chi connectivity index (χ3n) is 2.82. The quantitative estimate of drug-likeness (QED) is 0.566. The third kappa shape index (κ3) is 1.95. The summed E-state index contributed by atoms with van der Waals surface area (Å²) < 4.78 is 6.37. The van der Waals surface area contributed by atoms with Gasteiger partial charge in [-0.2, -0.15) is 10.2 Å². The van der Waals surface area contributed by atoms with Gasteiger partial charge in [0.15, 0.2) is 6.23 Å². The van der Waals surface area contributed by atoms with Gasteiger partial charge in [-0.15, -0.1) is 0 Å². The minimum atomic E-state index is -1.16. The van der Waals surface area contributed by atoms with E-state index in [0.29, 0.717) is 0 Å². The predicted octanol–water partition coefficient (Wildman–Crippen LogP) is -1.78. The smallest absolute Gasteiger partial charge is 0.351 e. The van der Waals surface area contributed by atoms with E-state index in [1.54, 1.807) is 0 Å². The molecule has 1 aliphatic rings. The fraction of sp³-hybridized carbons (Fsp3) is 0.500. The first-order valence-electron chi connectivity index (χ1n) is 5.27. The number of nitriles is 1. The van der Waals surface area contributed by atoms with Crippen LogP contribution in [0.1, 0.15) is 6.23 Å². The first kappa shape index (κ1) is 12.5. The second kappa shape index (κ2) is 4.73. The number of nitrogens with two attached hydrogens (primary N) is 1. The van der Waals surface area contributed by atoms with Crippen LogP contribution >= 0.6 is 0 Å². The molecular weight excluding hydrogens is 240 g/mol. The number of anilines is 1. The average Bonchev–Trinajstić information content (AvgIpc) is 2.65. The summed E-state index contributed by atoms with van der Waals surface area (Å²) in [6, 6.07) is 3.25. The molecule has 1 aromatic heterocycles. The van der Waals surface area contributed by atoms with E-state index < -0.39 is 36.7 Å². The lowest BCUT2D eigenvalue weighted by molar-refractivity contribution is -0.0469. The van der Waals surface area contributed by atoms with Crippen LogP contribution in [-0.2, 0) is 4.74 Å².